The fourth-order valence-electron chi connectivity index (χ4n) is 3.01. The van der Waals surface area contributed by atoms with Crippen LogP contribution in [0.1, 0.15) is 45.4 Å². The Morgan fingerprint density at radius 1 is 1.18 bits per heavy atom. The van der Waals surface area contributed by atoms with Gasteiger partial charge in [-0.05, 0) is 37.5 Å². The molecule has 2 unspecified atom stereocenters. The minimum absolute atomic E-state index is 0.326. The smallest absolute Gasteiger partial charge is 0.0317 e. The van der Waals surface area contributed by atoms with Crippen molar-refractivity contribution in [3.63, 3.8) is 0 Å². The van der Waals surface area contributed by atoms with E-state index in [1.807, 2.05) is 0 Å². The van der Waals surface area contributed by atoms with Gasteiger partial charge in [0.05, 0.1) is 0 Å². The van der Waals surface area contributed by atoms with Crippen molar-refractivity contribution < 1.29 is 0 Å². The third-order valence-corrected chi connectivity index (χ3v) is 3.71. The molecule has 0 aliphatic heterocycles. The van der Waals surface area contributed by atoms with E-state index in [4.69, 9.17) is 6.42 Å². The molecule has 2 atom stereocenters. The van der Waals surface area contributed by atoms with Crippen LogP contribution in [-0.4, -0.2) is 0 Å². The van der Waals surface area contributed by atoms with Crippen LogP contribution in [-0.2, 0) is 0 Å². The highest BCUT2D eigenvalue weighted by Gasteiger charge is 2.47. The predicted octanol–water partition coefficient (Wildman–Crippen LogP) is 2.98. The minimum atomic E-state index is 0.326. The quantitative estimate of drug-likeness (QED) is 0.463. The van der Waals surface area contributed by atoms with Crippen LogP contribution in [0, 0.1) is 23.2 Å². The summed E-state index contributed by atoms with van der Waals surface area (Å²) in [6.45, 7) is 2.41. The van der Waals surface area contributed by atoms with Crippen molar-refractivity contribution in [2.45, 2.75) is 45.4 Å². The van der Waals surface area contributed by atoms with Crippen molar-refractivity contribution in [1.29, 1.82) is 0 Å². The molecule has 0 amide bonds. The second-order valence-electron chi connectivity index (χ2n) is 4.77. The molecule has 0 radical (unpaired) electrons. The Hall–Kier alpha value is -0.440. The fraction of sp³-hybridized carbons (Fsp3) is 0.818. The summed E-state index contributed by atoms with van der Waals surface area (Å²) in [5, 5.41) is 0. The maximum atomic E-state index is 5.58. The zero-order valence-electron chi connectivity index (χ0n) is 7.32. The van der Waals surface area contributed by atoms with Gasteiger partial charge in [0, 0.05) is 5.41 Å². The van der Waals surface area contributed by atoms with Crippen molar-refractivity contribution in [2.24, 2.45) is 10.8 Å². The average molecular weight is 148 g/mol. The Kier molecular flexibility index (Phi) is 1.34. The maximum absolute atomic E-state index is 5.58. The predicted molar refractivity (Wildman–Crippen MR) is 47.1 cm³/mol. The molecule has 11 heavy (non-hydrogen) atoms. The molecule has 0 aromatic rings. The molecule has 0 N–H and O–H groups in total. The first-order chi connectivity index (χ1) is 5.18. The Bertz CT molecular complexity index is 211. The molecule has 2 aliphatic carbocycles. The second-order valence-corrected chi connectivity index (χ2v) is 4.77. The number of rotatable bonds is 0. The number of hydrogen-bond acceptors (Lipinski definition) is 0. The van der Waals surface area contributed by atoms with E-state index in [-0.39, 0.29) is 0 Å². The largest absolute Gasteiger partial charge is 0.120 e. The van der Waals surface area contributed by atoms with Gasteiger partial charge < -0.3 is 0 Å². The molecule has 2 fully saturated rings. The number of hydrogen-bond donors (Lipinski definition) is 0. The van der Waals surface area contributed by atoms with E-state index >= 15 is 0 Å². The van der Waals surface area contributed by atoms with Crippen molar-refractivity contribution in [3.8, 4) is 12.3 Å². The van der Waals surface area contributed by atoms with Gasteiger partial charge in [0.1, 0.15) is 0 Å². The van der Waals surface area contributed by atoms with E-state index in [2.05, 4.69) is 12.8 Å². The van der Waals surface area contributed by atoms with Gasteiger partial charge in [0.2, 0.25) is 0 Å². The van der Waals surface area contributed by atoms with Crippen LogP contribution in [0.2, 0.25) is 0 Å². The molecule has 0 nitrogen and oxygen atoms in total. The monoisotopic (exact) mass is 148 g/mol. The molecule has 2 aliphatic rings. The van der Waals surface area contributed by atoms with E-state index in [0.29, 0.717) is 10.8 Å². The molecule has 60 valence electrons. The molecule has 0 saturated heterocycles. The fourth-order valence-corrected chi connectivity index (χ4v) is 3.01. The first kappa shape index (κ1) is 7.22. The van der Waals surface area contributed by atoms with Crippen molar-refractivity contribution >= 4 is 0 Å². The van der Waals surface area contributed by atoms with Crippen molar-refractivity contribution in [3.05, 3.63) is 0 Å². The van der Waals surface area contributed by atoms with Gasteiger partial charge in [-0.25, -0.2) is 0 Å². The SMILES string of the molecule is C#CC12CCCC(C)(CC1)C2. The molecule has 2 bridgehead atoms. The maximum Gasteiger partial charge on any atom is 0.0317 e. The average Bonchev–Trinajstić information content (AvgIpc) is 2.24. The first-order valence-electron chi connectivity index (χ1n) is 4.66. The molecular formula is C11H16. The molecule has 0 heteroatoms. The Morgan fingerprint density at radius 2 is 2.00 bits per heavy atom. The lowest BCUT2D eigenvalue weighted by atomic mass is 9.70. The van der Waals surface area contributed by atoms with Crippen LogP contribution in [0.3, 0.4) is 0 Å². The third kappa shape index (κ3) is 0.984. The summed E-state index contributed by atoms with van der Waals surface area (Å²) in [5.74, 6) is 3.03. The Morgan fingerprint density at radius 3 is 2.64 bits per heavy atom. The van der Waals surface area contributed by atoms with Crippen LogP contribution >= 0.6 is 0 Å². The molecule has 0 heterocycles. The van der Waals surface area contributed by atoms with Crippen molar-refractivity contribution in [1.82, 2.24) is 0 Å². The summed E-state index contributed by atoms with van der Waals surface area (Å²) < 4.78 is 0. The number of terminal acetylenes is 1. The lowest BCUT2D eigenvalue weighted by Crippen LogP contribution is -2.23. The second kappa shape index (κ2) is 2.03. The van der Waals surface area contributed by atoms with Crippen LogP contribution in [0.25, 0.3) is 0 Å². The van der Waals surface area contributed by atoms with E-state index < -0.39 is 0 Å². The summed E-state index contributed by atoms with van der Waals surface area (Å²) in [4.78, 5) is 0. The zero-order valence-corrected chi connectivity index (χ0v) is 7.32. The number of fused-ring (bicyclic) bond motifs is 2. The molecule has 2 rings (SSSR count). The normalized spacial score (nSPS) is 48.7. The van der Waals surface area contributed by atoms with Crippen LogP contribution in [0.15, 0.2) is 0 Å². The topological polar surface area (TPSA) is 0 Å². The van der Waals surface area contributed by atoms with Crippen LogP contribution in [0.4, 0.5) is 0 Å². The van der Waals surface area contributed by atoms with Crippen molar-refractivity contribution in [2.75, 3.05) is 0 Å². The van der Waals surface area contributed by atoms with E-state index in [9.17, 15) is 0 Å². The lowest BCUT2D eigenvalue weighted by molar-refractivity contribution is 0.201. The summed E-state index contributed by atoms with van der Waals surface area (Å²) in [7, 11) is 0. The highest BCUT2D eigenvalue weighted by molar-refractivity contribution is 5.14. The molecular weight excluding hydrogens is 132 g/mol. The summed E-state index contributed by atoms with van der Waals surface area (Å²) in [5.41, 5.74) is 0.942. The summed E-state index contributed by atoms with van der Waals surface area (Å²) in [6.07, 6.45) is 13.6. The van der Waals surface area contributed by atoms with E-state index in [0.717, 1.165) is 0 Å². The van der Waals surface area contributed by atoms with Gasteiger partial charge in [-0.1, -0.05) is 19.3 Å². The van der Waals surface area contributed by atoms with E-state index in [1.165, 1.54) is 38.5 Å². The Balaban J connectivity index is 2.25. The lowest BCUT2D eigenvalue weighted by Gasteiger charge is -2.33. The van der Waals surface area contributed by atoms with Gasteiger partial charge in [-0.15, -0.1) is 6.42 Å². The highest BCUT2D eigenvalue weighted by atomic mass is 14.5. The standard InChI is InChI=1S/C11H16/c1-3-11-6-4-5-10(2,9-11)7-8-11/h1H,4-9H2,2H3. The van der Waals surface area contributed by atoms with Crippen LogP contribution in [0.5, 0.6) is 0 Å². The summed E-state index contributed by atoms with van der Waals surface area (Å²) >= 11 is 0. The molecule has 0 aromatic heterocycles. The molecule has 0 aromatic carbocycles. The van der Waals surface area contributed by atoms with Gasteiger partial charge in [0.25, 0.3) is 0 Å². The zero-order chi connectivity index (χ0) is 7.95. The van der Waals surface area contributed by atoms with Gasteiger partial charge in [-0.3, -0.25) is 0 Å². The van der Waals surface area contributed by atoms with Crippen LogP contribution < -0.4 is 0 Å². The molecule has 0 spiro atoms. The Labute approximate surface area is 69.4 Å². The minimum Gasteiger partial charge on any atom is -0.120 e. The summed E-state index contributed by atoms with van der Waals surface area (Å²) in [6, 6.07) is 0. The highest BCUT2D eigenvalue weighted by Crippen LogP contribution is 2.57. The third-order valence-electron chi connectivity index (χ3n) is 3.71. The first-order valence-corrected chi connectivity index (χ1v) is 4.66. The van der Waals surface area contributed by atoms with Gasteiger partial charge in [0.15, 0.2) is 0 Å². The van der Waals surface area contributed by atoms with Gasteiger partial charge in [-0.2, -0.15) is 0 Å². The van der Waals surface area contributed by atoms with Gasteiger partial charge >= 0.3 is 0 Å². The molecule has 2 saturated carbocycles. The van der Waals surface area contributed by atoms with E-state index in [1.54, 1.807) is 0 Å².